The predicted octanol–water partition coefficient (Wildman–Crippen LogP) is 3.54. The van der Waals surface area contributed by atoms with Gasteiger partial charge in [-0.3, -0.25) is 23.8 Å². The number of thiocarbonyl (C=S) groups is 1. The van der Waals surface area contributed by atoms with Gasteiger partial charge in [0.15, 0.2) is 0 Å². The third-order valence-electron chi connectivity index (χ3n) is 6.46. The molecule has 2 aliphatic heterocycles. The van der Waals surface area contributed by atoms with Crippen molar-refractivity contribution in [2.24, 2.45) is 0 Å². The first-order valence-electron chi connectivity index (χ1n) is 12.4. The van der Waals surface area contributed by atoms with Gasteiger partial charge in [0.2, 0.25) is 0 Å². The molecule has 2 saturated heterocycles. The van der Waals surface area contributed by atoms with E-state index in [9.17, 15) is 9.59 Å². The van der Waals surface area contributed by atoms with Gasteiger partial charge < -0.3 is 10.1 Å². The first-order valence-corrected chi connectivity index (χ1v) is 13.6. The zero-order chi connectivity index (χ0) is 25.8. The van der Waals surface area contributed by atoms with Crippen LogP contribution in [0.15, 0.2) is 58.4 Å². The lowest BCUT2D eigenvalue weighted by Gasteiger charge is -2.26. The molecule has 8 nitrogen and oxygen atoms in total. The molecule has 0 spiro atoms. The number of fused-ring (bicyclic) bond motifs is 1. The number of nitrogens with zero attached hydrogens (tertiary/aromatic N) is 4. The van der Waals surface area contributed by atoms with Crippen molar-refractivity contribution in [1.82, 2.24) is 19.2 Å². The Bertz CT molecular complexity index is 1400. The predicted molar refractivity (Wildman–Crippen MR) is 152 cm³/mol. The summed E-state index contributed by atoms with van der Waals surface area (Å²) in [6.45, 7) is 7.32. The Morgan fingerprint density at radius 1 is 1.14 bits per heavy atom. The number of morpholine rings is 1. The second kappa shape index (κ2) is 11.6. The first-order chi connectivity index (χ1) is 18.0. The van der Waals surface area contributed by atoms with E-state index in [0.29, 0.717) is 39.3 Å². The van der Waals surface area contributed by atoms with Gasteiger partial charge in [-0.2, -0.15) is 0 Å². The largest absolute Gasteiger partial charge is 0.379 e. The number of rotatable bonds is 8. The fourth-order valence-electron chi connectivity index (χ4n) is 4.44. The highest BCUT2D eigenvalue weighted by molar-refractivity contribution is 8.26. The van der Waals surface area contributed by atoms with Crippen molar-refractivity contribution in [2.75, 3.05) is 44.7 Å². The van der Waals surface area contributed by atoms with Crippen LogP contribution in [0.5, 0.6) is 0 Å². The van der Waals surface area contributed by atoms with Gasteiger partial charge in [-0.15, -0.1) is 0 Å². The van der Waals surface area contributed by atoms with Gasteiger partial charge in [0, 0.05) is 25.8 Å². The Labute approximate surface area is 225 Å². The van der Waals surface area contributed by atoms with Crippen LogP contribution < -0.4 is 10.9 Å². The molecule has 0 aliphatic carbocycles. The number of amides is 1. The summed E-state index contributed by atoms with van der Waals surface area (Å²) in [6, 6.07) is 13.5. The number of carbonyl (C=O) groups excluding carboxylic acids is 1. The second-order valence-corrected chi connectivity index (χ2v) is 10.7. The van der Waals surface area contributed by atoms with Crippen LogP contribution in [0.25, 0.3) is 11.7 Å². The summed E-state index contributed by atoms with van der Waals surface area (Å²) in [5, 5.41) is 3.37. The average Bonchev–Trinajstić information content (AvgIpc) is 3.17. The van der Waals surface area contributed by atoms with Gasteiger partial charge in [-0.1, -0.05) is 60.4 Å². The van der Waals surface area contributed by atoms with Crippen molar-refractivity contribution in [3.05, 3.63) is 80.6 Å². The summed E-state index contributed by atoms with van der Waals surface area (Å²) in [5.41, 5.74) is 2.62. The maximum absolute atomic E-state index is 13.6. The van der Waals surface area contributed by atoms with Crippen LogP contribution in [0.4, 0.5) is 5.82 Å². The molecule has 0 bridgehead atoms. The molecule has 10 heteroatoms. The lowest BCUT2D eigenvalue weighted by atomic mass is 10.2. The molecule has 2 fully saturated rings. The van der Waals surface area contributed by atoms with E-state index in [1.165, 1.54) is 16.2 Å². The van der Waals surface area contributed by atoms with Crippen LogP contribution >= 0.6 is 24.0 Å². The number of anilines is 1. The molecule has 3 aromatic rings. The van der Waals surface area contributed by atoms with E-state index < -0.39 is 0 Å². The summed E-state index contributed by atoms with van der Waals surface area (Å²) in [7, 11) is 0. The highest BCUT2D eigenvalue weighted by atomic mass is 32.2. The van der Waals surface area contributed by atoms with Gasteiger partial charge >= 0.3 is 0 Å². The van der Waals surface area contributed by atoms with E-state index in [4.69, 9.17) is 21.9 Å². The van der Waals surface area contributed by atoms with Crippen molar-refractivity contribution in [2.45, 2.75) is 19.9 Å². The van der Waals surface area contributed by atoms with Gasteiger partial charge in [-0.25, -0.2) is 4.98 Å². The van der Waals surface area contributed by atoms with Crippen LogP contribution in [-0.2, 0) is 16.1 Å². The Balaban J connectivity index is 1.42. The monoisotopic (exact) mass is 535 g/mol. The number of hydrogen-bond acceptors (Lipinski definition) is 8. The van der Waals surface area contributed by atoms with Crippen molar-refractivity contribution < 1.29 is 9.53 Å². The summed E-state index contributed by atoms with van der Waals surface area (Å²) < 4.78 is 7.43. The normalized spacial score (nSPS) is 17.8. The minimum Gasteiger partial charge on any atom is -0.379 e. The highest BCUT2D eigenvalue weighted by Gasteiger charge is 2.32. The molecule has 0 saturated carbocycles. The topological polar surface area (TPSA) is 79.2 Å². The van der Waals surface area contributed by atoms with Gasteiger partial charge in [0.1, 0.15) is 15.8 Å². The zero-order valence-corrected chi connectivity index (χ0v) is 22.3. The van der Waals surface area contributed by atoms with Crippen LogP contribution in [0, 0.1) is 6.92 Å². The van der Waals surface area contributed by atoms with E-state index in [1.54, 1.807) is 17.2 Å². The number of thioether (sulfide) groups is 1. The third-order valence-corrected chi connectivity index (χ3v) is 7.84. The summed E-state index contributed by atoms with van der Waals surface area (Å²) in [6.07, 6.45) is 4.24. The lowest BCUT2D eigenvalue weighted by Crippen LogP contribution is -2.37. The van der Waals surface area contributed by atoms with Crippen molar-refractivity contribution in [1.29, 1.82) is 0 Å². The Morgan fingerprint density at radius 3 is 2.70 bits per heavy atom. The molecule has 1 N–H and O–H groups in total. The van der Waals surface area contributed by atoms with Gasteiger partial charge in [-0.05, 0) is 43.2 Å². The van der Waals surface area contributed by atoms with E-state index in [2.05, 4.69) is 10.2 Å². The highest BCUT2D eigenvalue weighted by Crippen LogP contribution is 2.34. The quantitative estimate of drug-likeness (QED) is 0.267. The third kappa shape index (κ3) is 5.77. The fraction of sp³-hybridized carbons (Fsp3) is 0.333. The Hall–Kier alpha value is -3.05. The molecule has 2 aromatic heterocycles. The second-order valence-electron chi connectivity index (χ2n) is 9.05. The van der Waals surface area contributed by atoms with Gasteiger partial charge in [0.05, 0.1) is 30.2 Å². The number of aromatic nitrogens is 2. The molecule has 37 heavy (non-hydrogen) atoms. The Morgan fingerprint density at radius 2 is 1.92 bits per heavy atom. The molecular formula is C27H29N5O3S2. The summed E-state index contributed by atoms with van der Waals surface area (Å²) in [4.78, 5) is 36.0. The molecule has 0 radical (unpaired) electrons. The zero-order valence-electron chi connectivity index (χ0n) is 20.7. The summed E-state index contributed by atoms with van der Waals surface area (Å²) in [5.74, 6) is 0.278. The molecule has 0 atom stereocenters. The number of ether oxygens (including phenoxy) is 1. The molecule has 4 heterocycles. The van der Waals surface area contributed by atoms with Crippen LogP contribution in [0.2, 0.25) is 0 Å². The SMILES string of the molecule is Cc1cccn2c(=O)c(C=C3SC(=S)N(Cc4ccccc4)C3=O)c(NCCCN3CCOCC3)nc12. The summed E-state index contributed by atoms with van der Waals surface area (Å²) >= 11 is 6.73. The van der Waals surface area contributed by atoms with Crippen LogP contribution in [-0.4, -0.2) is 68.8 Å². The smallest absolute Gasteiger partial charge is 0.267 e. The van der Waals surface area contributed by atoms with Crippen molar-refractivity contribution >= 4 is 51.7 Å². The molecule has 2 aliphatic rings. The van der Waals surface area contributed by atoms with E-state index >= 15 is 0 Å². The van der Waals surface area contributed by atoms with Crippen molar-refractivity contribution in [3.8, 4) is 0 Å². The number of benzene rings is 1. The van der Waals surface area contributed by atoms with Crippen LogP contribution in [0.3, 0.4) is 0 Å². The fourth-order valence-corrected chi connectivity index (χ4v) is 5.68. The molecule has 1 aromatic carbocycles. The van der Waals surface area contributed by atoms with E-state index in [1.807, 2.05) is 49.4 Å². The average molecular weight is 536 g/mol. The number of nitrogens with one attached hydrogen (secondary N) is 1. The van der Waals surface area contributed by atoms with Gasteiger partial charge in [0.25, 0.3) is 11.5 Å². The molecule has 1 amide bonds. The van der Waals surface area contributed by atoms with Crippen molar-refractivity contribution in [3.63, 3.8) is 0 Å². The van der Waals surface area contributed by atoms with E-state index in [-0.39, 0.29) is 11.5 Å². The maximum Gasteiger partial charge on any atom is 0.267 e. The number of hydrogen-bond donors (Lipinski definition) is 1. The first kappa shape index (κ1) is 25.6. The number of aryl methyl sites for hydroxylation is 1. The molecule has 192 valence electrons. The van der Waals surface area contributed by atoms with E-state index in [0.717, 1.165) is 50.4 Å². The molecule has 0 unspecified atom stereocenters. The molecular weight excluding hydrogens is 506 g/mol. The number of pyridine rings is 1. The minimum absolute atomic E-state index is 0.203. The Kier molecular flexibility index (Phi) is 7.99. The standard InChI is InChI=1S/C27H29N5O3S2/c1-19-7-5-12-31-24(19)29-23(28-10-6-11-30-13-15-35-16-14-30)21(25(31)33)17-22-26(34)32(27(36)37-22)18-20-8-3-2-4-9-20/h2-5,7-9,12,17,28H,6,10-11,13-16,18H2,1H3. The van der Waals surface area contributed by atoms with Crippen LogP contribution in [0.1, 0.15) is 23.1 Å². The minimum atomic E-state index is -0.224. The number of carbonyl (C=O) groups is 1. The maximum atomic E-state index is 13.6. The lowest BCUT2D eigenvalue weighted by molar-refractivity contribution is -0.122. The molecule has 5 rings (SSSR count).